The predicted molar refractivity (Wildman–Crippen MR) is 126 cm³/mol. The highest BCUT2D eigenvalue weighted by molar-refractivity contribution is 5.40. The lowest BCUT2D eigenvalue weighted by Crippen LogP contribution is -2.58. The lowest BCUT2D eigenvalue weighted by atomic mass is 9.43. The molecule has 5 rings (SSSR count). The molecule has 4 fully saturated rings. The third-order valence-electron chi connectivity index (χ3n) is 11.1. The number of aryl methyl sites for hydroxylation is 1. The molecule has 0 radical (unpaired) electrons. The molecule has 4 N–H and O–H groups in total. The van der Waals surface area contributed by atoms with Gasteiger partial charge in [0, 0.05) is 6.42 Å². The van der Waals surface area contributed by atoms with Crippen molar-refractivity contribution in [2.45, 2.75) is 97.2 Å². The van der Waals surface area contributed by atoms with Crippen molar-refractivity contribution in [1.29, 1.82) is 5.26 Å². The molecule has 182 valence electrons. The number of anilines is 1. The second kappa shape index (κ2) is 8.27. The van der Waals surface area contributed by atoms with E-state index in [9.17, 15) is 10.2 Å². The minimum Gasteiger partial charge on any atom is -0.424 e. The van der Waals surface area contributed by atoms with Gasteiger partial charge in [-0.05, 0) is 104 Å². The lowest BCUT2D eigenvalue weighted by molar-refractivity contribution is -0.174. The predicted octanol–water partition coefficient (Wildman–Crippen LogP) is 4.69. The molecular weight excluding hydrogens is 414 g/mol. The zero-order chi connectivity index (χ0) is 23.5. The van der Waals surface area contributed by atoms with Crippen LogP contribution in [0, 0.1) is 57.7 Å². The molecule has 0 spiro atoms. The van der Waals surface area contributed by atoms with E-state index in [4.69, 9.17) is 15.4 Å². The number of nitrogens with zero attached hydrogens (tertiary/aromatic N) is 2. The number of oxazole rings is 1. The fraction of sp³-hybridized carbons (Fsp3) is 0.852. The summed E-state index contributed by atoms with van der Waals surface area (Å²) in [7, 11) is 0. The summed E-state index contributed by atoms with van der Waals surface area (Å²) >= 11 is 0. The number of hydrogen-bond donors (Lipinski definition) is 3. The summed E-state index contributed by atoms with van der Waals surface area (Å²) in [6.45, 7) is 7.17. The molecule has 0 bridgehead atoms. The maximum atomic E-state index is 11.7. The Kier molecular flexibility index (Phi) is 5.81. The molecule has 0 aliphatic heterocycles. The lowest BCUT2D eigenvalue weighted by Gasteiger charge is -2.62. The summed E-state index contributed by atoms with van der Waals surface area (Å²) in [5.41, 5.74) is 6.15. The van der Waals surface area contributed by atoms with Crippen LogP contribution in [0.5, 0.6) is 0 Å². The Balaban J connectivity index is 1.32. The summed E-state index contributed by atoms with van der Waals surface area (Å²) in [5.74, 6) is 4.09. The Bertz CT molecular complexity index is 924. The molecule has 1 aromatic rings. The van der Waals surface area contributed by atoms with E-state index in [1.165, 1.54) is 25.7 Å². The van der Waals surface area contributed by atoms with Crippen LogP contribution in [0.2, 0.25) is 0 Å². The van der Waals surface area contributed by atoms with Gasteiger partial charge in [0.05, 0.1) is 12.2 Å². The Hall–Kier alpha value is -1.58. The van der Waals surface area contributed by atoms with E-state index in [0.717, 1.165) is 32.1 Å². The second-order valence-corrected chi connectivity index (χ2v) is 12.3. The van der Waals surface area contributed by atoms with E-state index in [1.807, 2.05) is 6.07 Å². The molecule has 33 heavy (non-hydrogen) atoms. The van der Waals surface area contributed by atoms with Gasteiger partial charge in [-0.3, -0.25) is 0 Å². The zero-order valence-corrected chi connectivity index (χ0v) is 20.5. The number of fused-ring (bicyclic) bond motifs is 5. The topological polar surface area (TPSA) is 116 Å². The van der Waals surface area contributed by atoms with Crippen LogP contribution >= 0.6 is 0 Å². The highest BCUT2D eigenvalue weighted by Crippen LogP contribution is 2.68. The van der Waals surface area contributed by atoms with Crippen molar-refractivity contribution in [2.75, 3.05) is 5.73 Å². The van der Waals surface area contributed by atoms with Crippen LogP contribution in [0.25, 0.3) is 0 Å². The maximum absolute atomic E-state index is 11.7. The Labute approximate surface area is 198 Å². The fourth-order valence-electron chi connectivity index (χ4n) is 9.28. The molecule has 0 amide bonds. The number of hydrogen-bond acceptors (Lipinski definition) is 6. The summed E-state index contributed by atoms with van der Waals surface area (Å²) < 4.78 is 5.49. The minimum atomic E-state index is -0.260. The van der Waals surface area contributed by atoms with Gasteiger partial charge < -0.3 is 20.4 Å². The molecule has 4 aliphatic carbocycles. The molecule has 10 atom stereocenters. The van der Waals surface area contributed by atoms with Gasteiger partial charge in [-0.25, -0.2) is 4.98 Å². The van der Waals surface area contributed by atoms with Crippen LogP contribution in [0.1, 0.15) is 90.1 Å². The smallest absolute Gasteiger partial charge is 0.229 e. The summed E-state index contributed by atoms with van der Waals surface area (Å²) in [5, 5.41) is 31.0. The highest BCUT2D eigenvalue weighted by atomic mass is 16.4. The van der Waals surface area contributed by atoms with Crippen LogP contribution in [0.3, 0.4) is 0 Å². The molecule has 1 unspecified atom stereocenters. The van der Waals surface area contributed by atoms with Crippen LogP contribution < -0.4 is 5.73 Å². The monoisotopic (exact) mass is 455 g/mol. The molecule has 0 aromatic carbocycles. The Morgan fingerprint density at radius 2 is 1.94 bits per heavy atom. The second-order valence-electron chi connectivity index (χ2n) is 12.3. The molecule has 1 aromatic heterocycles. The fourth-order valence-corrected chi connectivity index (χ4v) is 9.28. The van der Waals surface area contributed by atoms with E-state index < -0.39 is 0 Å². The molecule has 6 nitrogen and oxygen atoms in total. The Morgan fingerprint density at radius 3 is 2.67 bits per heavy atom. The maximum Gasteiger partial charge on any atom is 0.229 e. The third kappa shape index (κ3) is 3.53. The van der Waals surface area contributed by atoms with E-state index >= 15 is 0 Å². The normalized spacial score (nSPS) is 45.5. The summed E-state index contributed by atoms with van der Waals surface area (Å²) in [4.78, 5) is 4.23. The standard InChI is InChI=1S/C27H41N3O3/c1-15(4-9-24-30-22(14-28)25(29)33-24)19-7-8-20-18-6-5-16-12-17(31)10-11-26(16,2)21(18)13-23(32)27(19,20)3/h15-21,23,31-32H,4-13,29H2,1-3H3/t15-,16?,17+,18+,19-,20+,21+,23-,26+,27-/m1/s1. The first-order valence-corrected chi connectivity index (χ1v) is 13.2. The van der Waals surface area contributed by atoms with E-state index in [2.05, 4.69) is 25.8 Å². The number of nitrogen functional groups attached to an aromatic ring is 1. The number of aliphatic hydroxyl groups is 2. The first-order valence-electron chi connectivity index (χ1n) is 13.2. The van der Waals surface area contributed by atoms with Gasteiger partial charge >= 0.3 is 0 Å². The molecule has 0 saturated heterocycles. The van der Waals surface area contributed by atoms with Crippen molar-refractivity contribution in [3.8, 4) is 6.07 Å². The summed E-state index contributed by atoms with van der Waals surface area (Å²) in [6.07, 6.45) is 10.0. The molecule has 4 saturated carbocycles. The van der Waals surface area contributed by atoms with Crippen LogP contribution in [-0.2, 0) is 6.42 Å². The number of rotatable bonds is 4. The van der Waals surface area contributed by atoms with Gasteiger partial charge in [0.2, 0.25) is 11.6 Å². The Morgan fingerprint density at radius 1 is 1.15 bits per heavy atom. The van der Waals surface area contributed by atoms with Gasteiger partial charge in [0.15, 0.2) is 5.89 Å². The highest BCUT2D eigenvalue weighted by Gasteiger charge is 2.63. The van der Waals surface area contributed by atoms with Crippen molar-refractivity contribution in [3.63, 3.8) is 0 Å². The van der Waals surface area contributed by atoms with Crippen molar-refractivity contribution in [2.24, 2.45) is 46.3 Å². The average Bonchev–Trinajstić information content (AvgIpc) is 3.33. The third-order valence-corrected chi connectivity index (χ3v) is 11.1. The SMILES string of the molecule is C[C@H](CCc1nc(C#N)c(N)o1)[C@H]1CC[C@H]2[C@@H]3CCC4C[C@@H](O)CC[C@]4(C)[C@H]3C[C@@H](O)[C@]12C. The summed E-state index contributed by atoms with van der Waals surface area (Å²) in [6, 6.07) is 1.98. The minimum absolute atomic E-state index is 0.0363. The molecule has 6 heteroatoms. The number of nitriles is 1. The first-order chi connectivity index (χ1) is 15.7. The van der Waals surface area contributed by atoms with E-state index in [0.29, 0.717) is 47.8 Å². The zero-order valence-electron chi connectivity index (χ0n) is 20.5. The average molecular weight is 456 g/mol. The molecule has 1 heterocycles. The number of aliphatic hydroxyl groups excluding tert-OH is 2. The van der Waals surface area contributed by atoms with Crippen molar-refractivity contribution in [3.05, 3.63) is 11.6 Å². The van der Waals surface area contributed by atoms with Crippen LogP contribution in [-0.4, -0.2) is 27.4 Å². The van der Waals surface area contributed by atoms with Gasteiger partial charge in [0.1, 0.15) is 6.07 Å². The van der Waals surface area contributed by atoms with Gasteiger partial charge in [-0.2, -0.15) is 5.26 Å². The number of aromatic nitrogens is 1. The molecular formula is C27H41N3O3. The largest absolute Gasteiger partial charge is 0.424 e. The van der Waals surface area contributed by atoms with Gasteiger partial charge in [-0.15, -0.1) is 0 Å². The van der Waals surface area contributed by atoms with Gasteiger partial charge in [0.25, 0.3) is 0 Å². The van der Waals surface area contributed by atoms with E-state index in [-0.39, 0.29) is 34.6 Å². The van der Waals surface area contributed by atoms with Crippen LogP contribution in [0.15, 0.2) is 4.42 Å². The molecule has 4 aliphatic rings. The van der Waals surface area contributed by atoms with Crippen molar-refractivity contribution < 1.29 is 14.6 Å². The number of nitrogens with two attached hydrogens (primary N) is 1. The van der Waals surface area contributed by atoms with Crippen LogP contribution in [0.4, 0.5) is 5.88 Å². The quantitative estimate of drug-likeness (QED) is 0.606. The van der Waals surface area contributed by atoms with Crippen molar-refractivity contribution >= 4 is 5.88 Å². The van der Waals surface area contributed by atoms with Crippen molar-refractivity contribution in [1.82, 2.24) is 4.98 Å². The van der Waals surface area contributed by atoms with E-state index in [1.54, 1.807) is 0 Å². The van der Waals surface area contributed by atoms with Gasteiger partial charge in [-0.1, -0.05) is 20.8 Å². The first kappa shape index (κ1) is 23.2.